The summed E-state index contributed by atoms with van der Waals surface area (Å²) in [7, 11) is 0. The van der Waals surface area contributed by atoms with Gasteiger partial charge in [-0.2, -0.15) is 0 Å². The Morgan fingerprint density at radius 3 is 3.07 bits per heavy atom. The van der Waals surface area contributed by atoms with Crippen LogP contribution in [-0.4, -0.2) is 19.1 Å². The maximum atomic E-state index is 5.98. The molecule has 0 saturated heterocycles. The van der Waals surface area contributed by atoms with E-state index in [0.717, 1.165) is 24.5 Å². The molecule has 0 aromatic heterocycles. The van der Waals surface area contributed by atoms with Gasteiger partial charge in [-0.05, 0) is 31.0 Å². The van der Waals surface area contributed by atoms with Crippen LogP contribution in [0.15, 0.2) is 18.2 Å². The van der Waals surface area contributed by atoms with Gasteiger partial charge in [0, 0.05) is 29.8 Å². The second kappa shape index (κ2) is 3.79. The molecule has 0 bridgehead atoms. The van der Waals surface area contributed by atoms with Crippen molar-refractivity contribution in [3.63, 3.8) is 0 Å². The van der Waals surface area contributed by atoms with Gasteiger partial charge in [0.15, 0.2) is 0 Å². The number of anilines is 1. The number of halogens is 1. The Labute approximate surface area is 89.7 Å². The molecular weight excluding hydrogens is 196 g/mol. The molecule has 0 aliphatic carbocycles. The number of nitrogens with two attached hydrogens (primary N) is 1. The van der Waals surface area contributed by atoms with Gasteiger partial charge in [-0.1, -0.05) is 17.7 Å². The summed E-state index contributed by atoms with van der Waals surface area (Å²) in [4.78, 5) is 2.29. The molecule has 0 saturated carbocycles. The first kappa shape index (κ1) is 9.81. The van der Waals surface area contributed by atoms with Crippen LogP contribution in [-0.2, 0) is 6.42 Å². The molecule has 3 heteroatoms. The zero-order valence-corrected chi connectivity index (χ0v) is 9.09. The molecule has 76 valence electrons. The molecule has 0 radical (unpaired) electrons. The first-order valence-corrected chi connectivity index (χ1v) is 5.37. The topological polar surface area (TPSA) is 29.3 Å². The maximum absolute atomic E-state index is 5.98. The molecular formula is C11H15ClN2. The van der Waals surface area contributed by atoms with E-state index >= 15 is 0 Å². The number of rotatable bonds is 1. The number of fused-ring (bicyclic) bond motifs is 1. The number of nitrogens with zero attached hydrogens (tertiary/aromatic N) is 1. The van der Waals surface area contributed by atoms with Crippen LogP contribution < -0.4 is 10.6 Å². The number of hydrogen-bond donors (Lipinski definition) is 1. The molecule has 2 N–H and O–H groups in total. The Kier molecular flexibility index (Phi) is 2.66. The van der Waals surface area contributed by atoms with E-state index in [1.54, 1.807) is 0 Å². The van der Waals surface area contributed by atoms with E-state index in [4.69, 9.17) is 17.3 Å². The molecule has 1 unspecified atom stereocenters. The van der Waals surface area contributed by atoms with Crippen LogP contribution in [0.4, 0.5) is 5.69 Å². The average molecular weight is 211 g/mol. The van der Waals surface area contributed by atoms with E-state index in [0.29, 0.717) is 0 Å². The SMILES string of the molecule is CCN1CC(N)Cc2ccc(Cl)cc21. The van der Waals surface area contributed by atoms with Gasteiger partial charge in [0.05, 0.1) is 0 Å². The van der Waals surface area contributed by atoms with E-state index in [1.165, 1.54) is 11.3 Å². The highest BCUT2D eigenvalue weighted by Crippen LogP contribution is 2.29. The monoisotopic (exact) mass is 210 g/mol. The molecule has 1 aliphatic rings. The van der Waals surface area contributed by atoms with E-state index in [-0.39, 0.29) is 6.04 Å². The molecule has 1 heterocycles. The summed E-state index contributed by atoms with van der Waals surface area (Å²) in [6, 6.07) is 6.31. The van der Waals surface area contributed by atoms with Gasteiger partial charge in [-0.3, -0.25) is 0 Å². The Morgan fingerprint density at radius 2 is 2.36 bits per heavy atom. The van der Waals surface area contributed by atoms with Crippen molar-refractivity contribution < 1.29 is 0 Å². The smallest absolute Gasteiger partial charge is 0.0426 e. The molecule has 0 fully saturated rings. The second-order valence-electron chi connectivity index (χ2n) is 3.78. The fourth-order valence-corrected chi connectivity index (χ4v) is 2.20. The third-order valence-corrected chi connectivity index (χ3v) is 2.94. The summed E-state index contributed by atoms with van der Waals surface area (Å²) in [6.45, 7) is 4.06. The Morgan fingerprint density at radius 1 is 1.57 bits per heavy atom. The van der Waals surface area contributed by atoms with Crippen molar-refractivity contribution in [3.8, 4) is 0 Å². The van der Waals surface area contributed by atoms with Crippen molar-refractivity contribution in [2.75, 3.05) is 18.0 Å². The molecule has 0 spiro atoms. The van der Waals surface area contributed by atoms with Crippen molar-refractivity contribution in [2.24, 2.45) is 5.73 Å². The summed E-state index contributed by atoms with van der Waals surface area (Å²) in [5.74, 6) is 0. The first-order chi connectivity index (χ1) is 6.70. The van der Waals surface area contributed by atoms with Crippen LogP contribution >= 0.6 is 11.6 Å². The van der Waals surface area contributed by atoms with E-state index in [1.807, 2.05) is 12.1 Å². The molecule has 0 amide bonds. The summed E-state index contributed by atoms with van der Waals surface area (Å²) in [6.07, 6.45) is 0.961. The maximum Gasteiger partial charge on any atom is 0.0426 e. The number of likely N-dealkylation sites (N-methyl/N-ethyl adjacent to an activating group) is 1. The number of benzene rings is 1. The van der Waals surface area contributed by atoms with Crippen LogP contribution in [0.3, 0.4) is 0 Å². The van der Waals surface area contributed by atoms with Crippen molar-refractivity contribution in [1.82, 2.24) is 0 Å². The van der Waals surface area contributed by atoms with Crippen LogP contribution in [0.25, 0.3) is 0 Å². The fraction of sp³-hybridized carbons (Fsp3) is 0.455. The Balaban J connectivity index is 2.41. The summed E-state index contributed by atoms with van der Waals surface area (Å²) < 4.78 is 0. The van der Waals surface area contributed by atoms with Crippen LogP contribution in [0.1, 0.15) is 12.5 Å². The van der Waals surface area contributed by atoms with Crippen molar-refractivity contribution in [3.05, 3.63) is 28.8 Å². The molecule has 1 aliphatic heterocycles. The highest BCUT2D eigenvalue weighted by molar-refractivity contribution is 6.30. The van der Waals surface area contributed by atoms with Gasteiger partial charge in [0.1, 0.15) is 0 Å². The van der Waals surface area contributed by atoms with Gasteiger partial charge < -0.3 is 10.6 Å². The minimum Gasteiger partial charge on any atom is -0.370 e. The van der Waals surface area contributed by atoms with Gasteiger partial charge >= 0.3 is 0 Å². The number of hydrogen-bond acceptors (Lipinski definition) is 2. The lowest BCUT2D eigenvalue weighted by atomic mass is 9.98. The molecule has 14 heavy (non-hydrogen) atoms. The summed E-state index contributed by atoms with van der Waals surface area (Å²) >= 11 is 5.98. The lowest BCUT2D eigenvalue weighted by Crippen LogP contribution is -2.43. The van der Waals surface area contributed by atoms with Gasteiger partial charge in [0.2, 0.25) is 0 Å². The quantitative estimate of drug-likeness (QED) is 0.769. The minimum absolute atomic E-state index is 0.253. The third-order valence-electron chi connectivity index (χ3n) is 2.71. The van der Waals surface area contributed by atoms with E-state index < -0.39 is 0 Å². The molecule has 1 atom stereocenters. The zero-order valence-electron chi connectivity index (χ0n) is 8.33. The van der Waals surface area contributed by atoms with Gasteiger partial charge in [-0.25, -0.2) is 0 Å². The average Bonchev–Trinajstić information content (AvgIpc) is 2.17. The summed E-state index contributed by atoms with van der Waals surface area (Å²) in [5.41, 5.74) is 8.55. The van der Waals surface area contributed by atoms with Crippen molar-refractivity contribution in [2.45, 2.75) is 19.4 Å². The van der Waals surface area contributed by atoms with Crippen LogP contribution in [0.2, 0.25) is 5.02 Å². The largest absolute Gasteiger partial charge is 0.370 e. The minimum atomic E-state index is 0.253. The Hall–Kier alpha value is -0.730. The van der Waals surface area contributed by atoms with Crippen molar-refractivity contribution in [1.29, 1.82) is 0 Å². The zero-order chi connectivity index (χ0) is 10.1. The van der Waals surface area contributed by atoms with E-state index in [9.17, 15) is 0 Å². The lowest BCUT2D eigenvalue weighted by molar-refractivity contribution is 0.608. The normalized spacial score (nSPS) is 20.8. The highest BCUT2D eigenvalue weighted by Gasteiger charge is 2.20. The predicted octanol–water partition coefficient (Wildman–Crippen LogP) is 2.05. The predicted molar refractivity (Wildman–Crippen MR) is 61.0 cm³/mol. The van der Waals surface area contributed by atoms with Gasteiger partial charge in [-0.15, -0.1) is 0 Å². The molecule has 2 nitrogen and oxygen atoms in total. The van der Waals surface area contributed by atoms with Crippen molar-refractivity contribution >= 4 is 17.3 Å². The standard InChI is InChI=1S/C11H15ClN2/c1-2-14-7-10(13)5-8-3-4-9(12)6-11(8)14/h3-4,6,10H,2,5,7,13H2,1H3. The second-order valence-corrected chi connectivity index (χ2v) is 4.21. The molecule has 1 aromatic rings. The first-order valence-electron chi connectivity index (χ1n) is 4.99. The van der Waals surface area contributed by atoms with Crippen LogP contribution in [0, 0.1) is 0 Å². The Bertz CT molecular complexity index is 338. The van der Waals surface area contributed by atoms with Crippen LogP contribution in [0.5, 0.6) is 0 Å². The fourth-order valence-electron chi connectivity index (χ4n) is 2.03. The third kappa shape index (κ3) is 1.72. The van der Waals surface area contributed by atoms with E-state index in [2.05, 4.69) is 17.9 Å². The van der Waals surface area contributed by atoms with Gasteiger partial charge in [0.25, 0.3) is 0 Å². The highest BCUT2D eigenvalue weighted by atomic mass is 35.5. The summed E-state index contributed by atoms with van der Waals surface area (Å²) in [5, 5.41) is 0.803. The lowest BCUT2D eigenvalue weighted by Gasteiger charge is -2.33. The molecule has 1 aromatic carbocycles. The molecule has 2 rings (SSSR count).